The molecule has 2 fully saturated rings. The van der Waals surface area contributed by atoms with Crippen LogP contribution in [0.15, 0.2) is 127 Å². The number of carbonyl (C=O) groups is 3. The predicted octanol–water partition coefficient (Wildman–Crippen LogP) is 6.11. The number of benzene rings is 5. The summed E-state index contributed by atoms with van der Waals surface area (Å²) in [4.78, 5) is 48.0. The van der Waals surface area contributed by atoms with E-state index >= 15 is 0 Å². The van der Waals surface area contributed by atoms with E-state index in [-0.39, 0.29) is 5.91 Å². The van der Waals surface area contributed by atoms with Gasteiger partial charge in [-0.05, 0) is 53.4 Å². The van der Waals surface area contributed by atoms with Crippen LogP contribution in [0.1, 0.15) is 22.0 Å². The summed E-state index contributed by atoms with van der Waals surface area (Å²) in [5, 5.41) is 3.40. The van der Waals surface area contributed by atoms with E-state index in [4.69, 9.17) is 9.57 Å². The van der Waals surface area contributed by atoms with Crippen molar-refractivity contribution < 1.29 is 24.0 Å². The minimum atomic E-state index is -0.984. The molecule has 0 unspecified atom stereocenters. The molecule has 0 N–H and O–H groups in total. The molecule has 2 aliphatic heterocycles. The molecule has 0 saturated carbocycles. The van der Waals surface area contributed by atoms with Crippen LogP contribution in [0.25, 0.3) is 10.8 Å². The lowest BCUT2D eigenvalue weighted by molar-refractivity contribution is -0.126. The van der Waals surface area contributed by atoms with Gasteiger partial charge in [0.25, 0.3) is 5.91 Å². The van der Waals surface area contributed by atoms with Gasteiger partial charge in [-0.25, -0.2) is 14.8 Å². The molecular weight excluding hydrogens is 516 g/mol. The quantitative estimate of drug-likeness (QED) is 0.152. The van der Waals surface area contributed by atoms with Gasteiger partial charge in [-0.1, -0.05) is 84.9 Å². The van der Waals surface area contributed by atoms with Crippen LogP contribution < -0.4 is 14.7 Å². The van der Waals surface area contributed by atoms with E-state index in [1.54, 1.807) is 59.7 Å². The third-order valence-corrected chi connectivity index (χ3v) is 7.58. The molecule has 0 bridgehead atoms. The molecule has 0 aromatic heterocycles. The Kier molecular flexibility index (Phi) is 6.06. The first-order valence-corrected chi connectivity index (χ1v) is 13.3. The number of carbonyl (C=O) groups excluding carboxylic acids is 3. The number of hydroxylamine groups is 1. The number of anilines is 2. The average molecular weight is 541 g/mol. The van der Waals surface area contributed by atoms with E-state index in [9.17, 15) is 14.4 Å². The van der Waals surface area contributed by atoms with Crippen molar-refractivity contribution >= 4 is 39.9 Å². The van der Waals surface area contributed by atoms with Gasteiger partial charge in [0.2, 0.25) is 5.91 Å². The lowest BCUT2D eigenvalue weighted by Gasteiger charge is -2.29. The van der Waals surface area contributed by atoms with Crippen LogP contribution in [-0.4, -0.2) is 23.9 Å². The fourth-order valence-electron chi connectivity index (χ4n) is 5.67. The lowest BCUT2D eigenvalue weighted by atomic mass is 9.90. The molecule has 41 heavy (non-hydrogen) atoms. The second-order valence-electron chi connectivity index (χ2n) is 9.99. The van der Waals surface area contributed by atoms with Gasteiger partial charge in [0, 0.05) is 5.39 Å². The number of esters is 1. The van der Waals surface area contributed by atoms with Gasteiger partial charge in [-0.2, -0.15) is 0 Å². The summed E-state index contributed by atoms with van der Waals surface area (Å²) in [5.74, 6) is -1.58. The van der Waals surface area contributed by atoms with Crippen molar-refractivity contribution in [2.75, 3.05) is 9.96 Å². The van der Waals surface area contributed by atoms with E-state index in [0.717, 1.165) is 22.0 Å². The van der Waals surface area contributed by atoms with Gasteiger partial charge < -0.3 is 4.74 Å². The Morgan fingerprint density at radius 3 is 2.10 bits per heavy atom. The van der Waals surface area contributed by atoms with E-state index in [1.807, 2.05) is 72.8 Å². The van der Waals surface area contributed by atoms with Gasteiger partial charge in [-0.15, -0.1) is 0 Å². The SMILES string of the molecule is O=C(Oc1ccc([C@@H]2[C@@H]3C(=O)N(c4cccc5ccccc45)C(=O)[C@@H]3ON2c2ccccc2)cc1)c1ccccc1. The number of amides is 2. The summed E-state index contributed by atoms with van der Waals surface area (Å²) in [6.07, 6.45) is -0.984. The van der Waals surface area contributed by atoms with Crippen LogP contribution in [0, 0.1) is 5.92 Å². The molecular formula is C34H24N2O5. The van der Waals surface area contributed by atoms with Crippen LogP contribution in [0.3, 0.4) is 0 Å². The number of para-hydroxylation sites is 1. The Morgan fingerprint density at radius 2 is 1.34 bits per heavy atom. The van der Waals surface area contributed by atoms with Crippen molar-refractivity contribution in [3.05, 3.63) is 139 Å². The van der Waals surface area contributed by atoms with E-state index in [0.29, 0.717) is 17.0 Å². The van der Waals surface area contributed by atoms with Crippen LogP contribution in [0.4, 0.5) is 11.4 Å². The minimum Gasteiger partial charge on any atom is -0.423 e. The fourth-order valence-corrected chi connectivity index (χ4v) is 5.67. The average Bonchev–Trinajstić information content (AvgIpc) is 3.53. The predicted molar refractivity (Wildman–Crippen MR) is 154 cm³/mol. The maximum atomic E-state index is 14.1. The fraction of sp³-hybridized carbons (Fsp3) is 0.0882. The normalized spacial score (nSPS) is 20.0. The zero-order valence-electron chi connectivity index (χ0n) is 21.8. The Morgan fingerprint density at radius 1 is 0.683 bits per heavy atom. The Balaban J connectivity index is 1.24. The topological polar surface area (TPSA) is 76.2 Å². The molecule has 7 nitrogen and oxygen atoms in total. The molecule has 2 heterocycles. The van der Waals surface area contributed by atoms with Crippen molar-refractivity contribution in [3.8, 4) is 5.75 Å². The summed E-state index contributed by atoms with van der Waals surface area (Å²) in [7, 11) is 0. The summed E-state index contributed by atoms with van der Waals surface area (Å²) >= 11 is 0. The van der Waals surface area contributed by atoms with Crippen LogP contribution in [0.5, 0.6) is 5.75 Å². The molecule has 0 radical (unpaired) electrons. The number of rotatable bonds is 5. The molecule has 5 aromatic rings. The maximum absolute atomic E-state index is 14.1. The van der Waals surface area contributed by atoms with Crippen molar-refractivity contribution in [2.45, 2.75) is 12.1 Å². The molecule has 2 saturated heterocycles. The van der Waals surface area contributed by atoms with Gasteiger partial charge in [-0.3, -0.25) is 14.4 Å². The highest BCUT2D eigenvalue weighted by atomic mass is 16.7. The Labute approximate surface area is 236 Å². The van der Waals surface area contributed by atoms with Gasteiger partial charge in [0.05, 0.1) is 23.0 Å². The standard InChI is InChI=1S/C34H24N2O5/c37-32-29-30(23-18-20-26(21-19-23)40-34(39)24-11-3-1-4-12-24)36(25-14-5-2-6-15-25)41-31(29)33(38)35(32)28-17-9-13-22-10-7-8-16-27(22)28/h1-21,29-31H/t29-,30+,31+/m0/s1. The molecule has 7 rings (SSSR count). The van der Waals surface area contributed by atoms with Crippen molar-refractivity contribution in [2.24, 2.45) is 5.92 Å². The van der Waals surface area contributed by atoms with Crippen LogP contribution in [-0.2, 0) is 14.4 Å². The Hall–Kier alpha value is -5.27. The van der Waals surface area contributed by atoms with Crippen molar-refractivity contribution in [3.63, 3.8) is 0 Å². The summed E-state index contributed by atoms with van der Waals surface area (Å²) in [5.41, 5.74) is 2.47. The summed E-state index contributed by atoms with van der Waals surface area (Å²) in [6, 6.07) is 37.8. The molecule has 2 amide bonds. The second-order valence-corrected chi connectivity index (χ2v) is 9.99. The molecule has 7 heteroatoms. The zero-order chi connectivity index (χ0) is 27.9. The number of hydrogen-bond acceptors (Lipinski definition) is 6. The third kappa shape index (κ3) is 4.23. The second kappa shape index (κ2) is 10.0. The number of ether oxygens (including phenoxy) is 1. The first-order chi connectivity index (χ1) is 20.1. The van der Waals surface area contributed by atoms with Gasteiger partial charge >= 0.3 is 5.97 Å². The summed E-state index contributed by atoms with van der Waals surface area (Å²) < 4.78 is 5.56. The first-order valence-electron chi connectivity index (χ1n) is 13.3. The van der Waals surface area contributed by atoms with E-state index in [2.05, 4.69) is 0 Å². The van der Waals surface area contributed by atoms with Gasteiger partial charge in [0.15, 0.2) is 6.10 Å². The van der Waals surface area contributed by atoms with Crippen LogP contribution >= 0.6 is 0 Å². The monoisotopic (exact) mass is 540 g/mol. The Bertz CT molecular complexity index is 1770. The smallest absolute Gasteiger partial charge is 0.343 e. The highest BCUT2D eigenvalue weighted by Crippen LogP contribution is 2.48. The van der Waals surface area contributed by atoms with E-state index in [1.165, 1.54) is 4.90 Å². The first kappa shape index (κ1) is 24.7. The number of imide groups is 1. The highest BCUT2D eigenvalue weighted by molar-refractivity contribution is 6.26. The number of hydrogen-bond donors (Lipinski definition) is 0. The van der Waals surface area contributed by atoms with E-state index < -0.39 is 29.9 Å². The molecule has 0 aliphatic carbocycles. The van der Waals surface area contributed by atoms with Crippen molar-refractivity contribution in [1.82, 2.24) is 0 Å². The summed E-state index contributed by atoms with van der Waals surface area (Å²) in [6.45, 7) is 0. The number of nitrogens with zero attached hydrogens (tertiary/aromatic N) is 2. The zero-order valence-corrected chi connectivity index (χ0v) is 21.8. The molecule has 200 valence electrons. The van der Waals surface area contributed by atoms with Crippen molar-refractivity contribution in [1.29, 1.82) is 0 Å². The largest absolute Gasteiger partial charge is 0.423 e. The molecule has 3 atom stereocenters. The van der Waals surface area contributed by atoms with Gasteiger partial charge in [0.1, 0.15) is 11.7 Å². The molecule has 0 spiro atoms. The molecule has 5 aromatic carbocycles. The maximum Gasteiger partial charge on any atom is 0.343 e. The lowest BCUT2D eigenvalue weighted by Crippen LogP contribution is -2.37. The molecule has 2 aliphatic rings. The number of fused-ring (bicyclic) bond motifs is 2. The highest BCUT2D eigenvalue weighted by Gasteiger charge is 2.60. The third-order valence-electron chi connectivity index (χ3n) is 7.58. The van der Waals surface area contributed by atoms with Crippen LogP contribution in [0.2, 0.25) is 0 Å². The minimum absolute atomic E-state index is 0.320.